The van der Waals surface area contributed by atoms with Gasteiger partial charge in [0.1, 0.15) is 0 Å². The maximum Gasteiger partial charge on any atom is 0.0278 e. The van der Waals surface area contributed by atoms with Crippen LogP contribution in [0.4, 0.5) is 0 Å². The summed E-state index contributed by atoms with van der Waals surface area (Å²) < 4.78 is 0. The quantitative estimate of drug-likeness (QED) is 0.585. The Balaban J connectivity index is 1.55. The Bertz CT molecular complexity index is 765. The van der Waals surface area contributed by atoms with Crippen molar-refractivity contribution in [2.24, 2.45) is 0 Å². The molecule has 4 rings (SSSR count). The third-order valence-electron chi connectivity index (χ3n) is 4.06. The lowest BCUT2D eigenvalue weighted by molar-refractivity contribution is 1.24. The highest BCUT2D eigenvalue weighted by Crippen LogP contribution is 2.46. The van der Waals surface area contributed by atoms with Crippen LogP contribution in [-0.4, -0.2) is 0 Å². The van der Waals surface area contributed by atoms with Gasteiger partial charge in [-0.2, -0.15) is 0 Å². The number of allylic oxidation sites excluding steroid dienone is 2. The molecule has 3 aromatic rings. The van der Waals surface area contributed by atoms with Crippen LogP contribution in [0.5, 0.6) is 0 Å². The van der Waals surface area contributed by atoms with Crippen LogP contribution in [0.3, 0.4) is 0 Å². The summed E-state index contributed by atoms with van der Waals surface area (Å²) in [4.78, 5) is 0. The first-order chi connectivity index (χ1) is 10.4. The SMILES string of the molecule is C1=C(c2ccc(-c3ccccc3)cc2)C1c1ccccc1. The van der Waals surface area contributed by atoms with Gasteiger partial charge in [0.15, 0.2) is 0 Å². The van der Waals surface area contributed by atoms with Crippen LogP contribution in [-0.2, 0) is 0 Å². The summed E-state index contributed by atoms with van der Waals surface area (Å²) in [5, 5.41) is 0. The van der Waals surface area contributed by atoms with Crippen molar-refractivity contribution < 1.29 is 0 Å². The molecule has 0 saturated heterocycles. The fourth-order valence-corrected chi connectivity index (χ4v) is 2.83. The molecule has 1 atom stereocenters. The van der Waals surface area contributed by atoms with Crippen molar-refractivity contribution >= 4 is 5.57 Å². The van der Waals surface area contributed by atoms with Gasteiger partial charge in [-0.15, -0.1) is 0 Å². The molecular formula is C21H16. The third kappa shape index (κ3) is 2.41. The summed E-state index contributed by atoms with van der Waals surface area (Å²) in [6.45, 7) is 0. The summed E-state index contributed by atoms with van der Waals surface area (Å²) in [7, 11) is 0. The normalized spacial score (nSPS) is 16.4. The standard InChI is InChI=1S/C21H16/c1-3-7-16(8-4-1)17-11-13-19(14-12-17)21-15-20(21)18-9-5-2-6-10-18/h1-15,20H. The molecule has 0 aromatic heterocycles. The molecule has 1 aliphatic carbocycles. The Morgan fingerprint density at radius 3 is 1.67 bits per heavy atom. The predicted molar refractivity (Wildman–Crippen MR) is 89.0 cm³/mol. The van der Waals surface area contributed by atoms with Crippen molar-refractivity contribution in [3.05, 3.63) is 102 Å². The maximum atomic E-state index is 2.34. The van der Waals surface area contributed by atoms with Gasteiger partial charge < -0.3 is 0 Å². The van der Waals surface area contributed by atoms with Crippen molar-refractivity contribution in [1.29, 1.82) is 0 Å². The molecule has 0 amide bonds. The Morgan fingerprint density at radius 2 is 1.00 bits per heavy atom. The maximum absolute atomic E-state index is 2.34. The van der Waals surface area contributed by atoms with Crippen molar-refractivity contribution in [2.45, 2.75) is 5.92 Å². The fraction of sp³-hybridized carbons (Fsp3) is 0.0476. The Hall–Kier alpha value is -2.60. The largest absolute Gasteiger partial charge is 0.0679 e. The molecular weight excluding hydrogens is 252 g/mol. The van der Waals surface area contributed by atoms with E-state index in [9.17, 15) is 0 Å². The molecule has 100 valence electrons. The molecule has 0 heteroatoms. The average Bonchev–Trinajstić information content (AvgIpc) is 3.37. The highest BCUT2D eigenvalue weighted by molar-refractivity contribution is 5.86. The van der Waals surface area contributed by atoms with Gasteiger partial charge in [-0.3, -0.25) is 0 Å². The molecule has 0 spiro atoms. The second-order valence-electron chi connectivity index (χ2n) is 5.45. The van der Waals surface area contributed by atoms with E-state index in [4.69, 9.17) is 0 Å². The molecule has 0 heterocycles. The van der Waals surface area contributed by atoms with Gasteiger partial charge in [-0.25, -0.2) is 0 Å². The van der Waals surface area contributed by atoms with E-state index in [0.717, 1.165) is 0 Å². The van der Waals surface area contributed by atoms with Crippen LogP contribution in [0.1, 0.15) is 17.0 Å². The Morgan fingerprint density at radius 1 is 0.476 bits per heavy atom. The van der Waals surface area contributed by atoms with Crippen LogP contribution >= 0.6 is 0 Å². The molecule has 0 saturated carbocycles. The monoisotopic (exact) mass is 268 g/mol. The van der Waals surface area contributed by atoms with Gasteiger partial charge in [0, 0.05) is 5.92 Å². The van der Waals surface area contributed by atoms with E-state index >= 15 is 0 Å². The topological polar surface area (TPSA) is 0 Å². The molecule has 0 bridgehead atoms. The lowest BCUT2D eigenvalue weighted by atomic mass is 10.0. The average molecular weight is 268 g/mol. The minimum absolute atomic E-state index is 0.508. The first kappa shape index (κ1) is 12.2. The second-order valence-corrected chi connectivity index (χ2v) is 5.45. The molecule has 0 radical (unpaired) electrons. The minimum atomic E-state index is 0.508. The van der Waals surface area contributed by atoms with Gasteiger partial charge in [-0.1, -0.05) is 91.0 Å². The molecule has 1 aliphatic rings. The van der Waals surface area contributed by atoms with E-state index in [1.165, 1.54) is 27.8 Å². The van der Waals surface area contributed by atoms with E-state index in [2.05, 4.69) is 91.0 Å². The molecule has 0 nitrogen and oxygen atoms in total. The fourth-order valence-electron chi connectivity index (χ4n) is 2.83. The minimum Gasteiger partial charge on any atom is -0.0679 e. The first-order valence-electron chi connectivity index (χ1n) is 7.34. The van der Waals surface area contributed by atoms with Crippen molar-refractivity contribution in [3.63, 3.8) is 0 Å². The van der Waals surface area contributed by atoms with Crippen molar-refractivity contribution in [1.82, 2.24) is 0 Å². The first-order valence-corrected chi connectivity index (χ1v) is 7.34. The smallest absolute Gasteiger partial charge is 0.0278 e. The molecule has 0 N–H and O–H groups in total. The van der Waals surface area contributed by atoms with E-state index in [0.29, 0.717) is 5.92 Å². The zero-order valence-corrected chi connectivity index (χ0v) is 11.7. The van der Waals surface area contributed by atoms with E-state index in [1.54, 1.807) is 0 Å². The zero-order valence-electron chi connectivity index (χ0n) is 11.7. The highest BCUT2D eigenvalue weighted by atomic mass is 14.3. The van der Waals surface area contributed by atoms with Crippen molar-refractivity contribution in [2.75, 3.05) is 0 Å². The summed E-state index contributed by atoms with van der Waals surface area (Å²) in [5.41, 5.74) is 6.72. The Labute approximate surface area is 125 Å². The van der Waals surface area contributed by atoms with Crippen LogP contribution in [0, 0.1) is 0 Å². The van der Waals surface area contributed by atoms with Crippen LogP contribution in [0.25, 0.3) is 16.7 Å². The zero-order chi connectivity index (χ0) is 14.1. The van der Waals surface area contributed by atoms with Gasteiger partial charge in [0.25, 0.3) is 0 Å². The molecule has 3 aromatic carbocycles. The molecule has 1 unspecified atom stereocenters. The van der Waals surface area contributed by atoms with Gasteiger partial charge in [0.05, 0.1) is 0 Å². The molecule has 0 fully saturated rings. The lowest BCUT2D eigenvalue weighted by Crippen LogP contribution is -1.84. The van der Waals surface area contributed by atoms with Gasteiger partial charge >= 0.3 is 0 Å². The van der Waals surface area contributed by atoms with Crippen LogP contribution < -0.4 is 0 Å². The summed E-state index contributed by atoms with van der Waals surface area (Å²) in [6.07, 6.45) is 2.34. The van der Waals surface area contributed by atoms with Crippen LogP contribution in [0.2, 0.25) is 0 Å². The molecule has 0 aliphatic heterocycles. The van der Waals surface area contributed by atoms with Gasteiger partial charge in [-0.05, 0) is 27.8 Å². The number of benzene rings is 3. The van der Waals surface area contributed by atoms with Crippen LogP contribution in [0.15, 0.2) is 91.0 Å². The van der Waals surface area contributed by atoms with Gasteiger partial charge in [0.2, 0.25) is 0 Å². The predicted octanol–water partition coefficient (Wildman–Crippen LogP) is 5.53. The second kappa shape index (κ2) is 5.06. The summed E-state index contributed by atoms with van der Waals surface area (Å²) in [5.74, 6) is 0.508. The third-order valence-corrected chi connectivity index (χ3v) is 4.06. The van der Waals surface area contributed by atoms with E-state index in [-0.39, 0.29) is 0 Å². The number of rotatable bonds is 3. The number of hydrogen-bond donors (Lipinski definition) is 0. The van der Waals surface area contributed by atoms with E-state index in [1.807, 2.05) is 0 Å². The van der Waals surface area contributed by atoms with Crippen molar-refractivity contribution in [3.8, 4) is 11.1 Å². The molecule has 21 heavy (non-hydrogen) atoms. The van der Waals surface area contributed by atoms with E-state index < -0.39 is 0 Å². The number of hydrogen-bond acceptors (Lipinski definition) is 0. The highest BCUT2D eigenvalue weighted by Gasteiger charge is 2.27. The Kier molecular flexibility index (Phi) is 2.93. The lowest BCUT2D eigenvalue weighted by Gasteiger charge is -2.04. The summed E-state index contributed by atoms with van der Waals surface area (Å²) >= 11 is 0. The summed E-state index contributed by atoms with van der Waals surface area (Å²) in [6, 6.07) is 30.1.